The van der Waals surface area contributed by atoms with Crippen molar-refractivity contribution in [1.82, 2.24) is 19.8 Å². The molecule has 0 saturated carbocycles. The normalized spacial score (nSPS) is 22.0. The molecule has 1 N–H and O–H groups in total. The number of benzene rings is 1. The van der Waals surface area contributed by atoms with Gasteiger partial charge in [-0.2, -0.15) is 10.2 Å². The standard InChI is InChI=1S/C30H33FN8O2/c1-19(31)27(40)39-14-13-37(16-21(39)10-12-32)26-25-24(33-29(35-26)38-17-22(18-38)36(2)3)15-30(28(41)34-25)11-6-8-20-7-4-5-9-23(20)30/h4-5,7,9,16,22H,1,6,8,10-11,13-15,17-18H2,2-3H3,(H,34,41). The molecule has 1 aromatic heterocycles. The Kier molecular flexibility index (Phi) is 6.74. The molecule has 6 rings (SSSR count). The number of nitrogens with one attached hydrogen (secondary N) is 1. The van der Waals surface area contributed by atoms with Crippen LogP contribution in [-0.2, 0) is 27.8 Å². The number of nitrogens with zero attached hydrogens (tertiary/aromatic N) is 7. The van der Waals surface area contributed by atoms with Gasteiger partial charge in [0.05, 0.1) is 29.3 Å². The summed E-state index contributed by atoms with van der Waals surface area (Å²) >= 11 is 0. The van der Waals surface area contributed by atoms with Gasteiger partial charge in [-0.1, -0.05) is 30.8 Å². The van der Waals surface area contributed by atoms with E-state index in [1.54, 1.807) is 6.20 Å². The highest BCUT2D eigenvalue weighted by molar-refractivity contribution is 6.04. The molecule has 0 bridgehead atoms. The zero-order chi connectivity index (χ0) is 28.9. The highest BCUT2D eigenvalue weighted by Gasteiger charge is 2.48. The lowest BCUT2D eigenvalue weighted by atomic mass is 9.65. The Hall–Kier alpha value is -4.30. The summed E-state index contributed by atoms with van der Waals surface area (Å²) in [4.78, 5) is 43.7. The maximum Gasteiger partial charge on any atom is 0.286 e. The van der Waals surface area contributed by atoms with Gasteiger partial charge in [-0.3, -0.25) is 9.59 Å². The zero-order valence-electron chi connectivity index (χ0n) is 23.4. The Morgan fingerprint density at radius 2 is 2.05 bits per heavy atom. The van der Waals surface area contributed by atoms with E-state index in [0.717, 1.165) is 43.6 Å². The van der Waals surface area contributed by atoms with E-state index in [0.29, 0.717) is 42.2 Å². The Morgan fingerprint density at radius 3 is 2.78 bits per heavy atom. The van der Waals surface area contributed by atoms with Crippen molar-refractivity contribution < 1.29 is 14.0 Å². The molecule has 1 saturated heterocycles. The van der Waals surface area contributed by atoms with Crippen LogP contribution < -0.4 is 15.1 Å². The Bertz CT molecular complexity index is 1510. The molecule has 1 spiro atoms. The van der Waals surface area contributed by atoms with E-state index in [1.807, 2.05) is 17.0 Å². The summed E-state index contributed by atoms with van der Waals surface area (Å²) in [6, 6.07) is 10.6. The molecule has 41 heavy (non-hydrogen) atoms. The lowest BCUT2D eigenvalue weighted by Gasteiger charge is -2.45. The lowest BCUT2D eigenvalue weighted by molar-refractivity contribution is -0.127. The van der Waals surface area contributed by atoms with E-state index < -0.39 is 17.1 Å². The molecular formula is C30H33FN8O2. The third kappa shape index (κ3) is 4.52. The number of rotatable bonds is 5. The number of aryl methyl sites for hydroxylation is 1. The van der Waals surface area contributed by atoms with Gasteiger partial charge in [-0.25, -0.2) is 9.37 Å². The number of allylic oxidation sites excluding steroid dienone is 1. The monoisotopic (exact) mass is 556 g/mol. The second kappa shape index (κ2) is 10.3. The van der Waals surface area contributed by atoms with Crippen LogP contribution in [0.15, 0.2) is 48.6 Å². The third-order valence-electron chi connectivity index (χ3n) is 8.78. The predicted molar refractivity (Wildman–Crippen MR) is 153 cm³/mol. The molecule has 1 aromatic carbocycles. The third-order valence-corrected chi connectivity index (χ3v) is 8.78. The van der Waals surface area contributed by atoms with Crippen LogP contribution >= 0.6 is 0 Å². The van der Waals surface area contributed by atoms with E-state index in [9.17, 15) is 19.2 Å². The van der Waals surface area contributed by atoms with Gasteiger partial charge in [-0.05, 0) is 44.5 Å². The second-order valence-corrected chi connectivity index (χ2v) is 11.4. The van der Waals surface area contributed by atoms with Gasteiger partial charge in [0, 0.05) is 44.8 Å². The average Bonchev–Trinajstić information content (AvgIpc) is 2.92. The van der Waals surface area contributed by atoms with E-state index in [-0.39, 0.29) is 18.9 Å². The quantitative estimate of drug-likeness (QED) is 0.561. The van der Waals surface area contributed by atoms with Crippen LogP contribution in [0, 0.1) is 11.3 Å². The molecule has 4 heterocycles. The first-order valence-corrected chi connectivity index (χ1v) is 13.9. The van der Waals surface area contributed by atoms with Gasteiger partial charge >= 0.3 is 0 Å². The summed E-state index contributed by atoms with van der Waals surface area (Å²) in [6.45, 7) is 5.12. The van der Waals surface area contributed by atoms with Crippen molar-refractivity contribution in [2.75, 3.05) is 55.4 Å². The summed E-state index contributed by atoms with van der Waals surface area (Å²) in [5.41, 5.74) is 3.19. The number of carbonyl (C=O) groups is 2. The number of hydrogen-bond acceptors (Lipinski definition) is 8. The summed E-state index contributed by atoms with van der Waals surface area (Å²) in [5.74, 6) is -0.930. The van der Waals surface area contributed by atoms with Gasteiger partial charge < -0.3 is 24.9 Å². The summed E-state index contributed by atoms with van der Waals surface area (Å²) in [7, 11) is 4.10. The van der Waals surface area contributed by atoms with Crippen molar-refractivity contribution in [2.24, 2.45) is 0 Å². The minimum absolute atomic E-state index is 0.0739. The number of carbonyl (C=O) groups excluding carboxylic acids is 2. The molecule has 1 unspecified atom stereocenters. The Labute approximate surface area is 238 Å². The molecule has 2 amide bonds. The number of fused-ring (bicyclic) bond motifs is 3. The van der Waals surface area contributed by atoms with Crippen molar-refractivity contribution in [3.63, 3.8) is 0 Å². The van der Waals surface area contributed by atoms with Crippen LogP contribution in [0.1, 0.15) is 36.1 Å². The first kappa shape index (κ1) is 26.9. The topological polar surface area (TPSA) is 109 Å². The van der Waals surface area contributed by atoms with Crippen LogP contribution in [0.2, 0.25) is 0 Å². The van der Waals surface area contributed by atoms with Crippen molar-refractivity contribution in [3.05, 3.63) is 65.4 Å². The first-order valence-electron chi connectivity index (χ1n) is 13.9. The number of hydrogen-bond donors (Lipinski definition) is 1. The molecule has 0 radical (unpaired) electrons. The molecule has 10 nitrogen and oxygen atoms in total. The van der Waals surface area contributed by atoms with E-state index in [4.69, 9.17) is 9.97 Å². The molecule has 4 aliphatic rings. The fourth-order valence-corrected chi connectivity index (χ4v) is 6.40. The lowest BCUT2D eigenvalue weighted by Crippen LogP contribution is -2.58. The molecule has 1 aliphatic carbocycles. The van der Waals surface area contributed by atoms with Gasteiger partial charge in [0.2, 0.25) is 11.9 Å². The maximum atomic E-state index is 14.0. The number of likely N-dealkylation sites (N-methyl/N-ethyl adjacent to an activating group) is 1. The minimum atomic E-state index is -1.08. The van der Waals surface area contributed by atoms with Crippen molar-refractivity contribution in [1.29, 1.82) is 5.26 Å². The molecule has 212 valence electrons. The van der Waals surface area contributed by atoms with Crippen LogP contribution in [0.4, 0.5) is 21.8 Å². The number of aromatic nitrogens is 2. The number of anilines is 3. The van der Waals surface area contributed by atoms with Crippen LogP contribution in [-0.4, -0.2) is 77.9 Å². The fraction of sp³-hybridized carbons (Fsp3) is 0.433. The van der Waals surface area contributed by atoms with Crippen molar-refractivity contribution >= 4 is 29.3 Å². The van der Waals surface area contributed by atoms with E-state index in [2.05, 4.69) is 54.0 Å². The highest BCUT2D eigenvalue weighted by Crippen LogP contribution is 2.47. The second-order valence-electron chi connectivity index (χ2n) is 11.4. The highest BCUT2D eigenvalue weighted by atomic mass is 19.1. The van der Waals surface area contributed by atoms with Gasteiger partial charge in [0.15, 0.2) is 11.6 Å². The summed E-state index contributed by atoms with van der Waals surface area (Å²) < 4.78 is 13.7. The molecule has 1 atom stereocenters. The Balaban J connectivity index is 1.44. The predicted octanol–water partition coefficient (Wildman–Crippen LogP) is 2.88. The van der Waals surface area contributed by atoms with E-state index in [1.165, 1.54) is 10.5 Å². The SMILES string of the molecule is C=C(F)C(=O)N1CCN(c2nc(N3CC(N(C)C)C3)nc3c2NC(=O)C2(CCCc4ccccc42)C3)C=C1CC#N. The van der Waals surface area contributed by atoms with Gasteiger partial charge in [-0.15, -0.1) is 0 Å². The molecule has 3 aliphatic heterocycles. The number of halogens is 1. The Morgan fingerprint density at radius 1 is 1.27 bits per heavy atom. The largest absolute Gasteiger partial charge is 0.337 e. The first-order chi connectivity index (χ1) is 19.7. The fourth-order valence-electron chi connectivity index (χ4n) is 6.40. The smallest absolute Gasteiger partial charge is 0.286 e. The summed E-state index contributed by atoms with van der Waals surface area (Å²) in [6.07, 6.45) is 4.59. The number of amides is 2. The van der Waals surface area contributed by atoms with Crippen molar-refractivity contribution in [2.45, 2.75) is 43.6 Å². The molecule has 1 fully saturated rings. The van der Waals surface area contributed by atoms with Crippen LogP contribution in [0.5, 0.6) is 0 Å². The molecule has 2 aromatic rings. The average molecular weight is 557 g/mol. The number of nitriles is 1. The molecular weight excluding hydrogens is 523 g/mol. The maximum absolute atomic E-state index is 14.0. The molecule has 11 heteroatoms. The van der Waals surface area contributed by atoms with Gasteiger partial charge in [0.1, 0.15) is 5.69 Å². The summed E-state index contributed by atoms with van der Waals surface area (Å²) in [5, 5.41) is 12.6. The van der Waals surface area contributed by atoms with Crippen molar-refractivity contribution in [3.8, 4) is 6.07 Å². The zero-order valence-corrected chi connectivity index (χ0v) is 23.4. The van der Waals surface area contributed by atoms with Gasteiger partial charge in [0.25, 0.3) is 5.91 Å². The van der Waals surface area contributed by atoms with E-state index >= 15 is 0 Å². The minimum Gasteiger partial charge on any atom is -0.337 e. The van der Waals surface area contributed by atoms with Crippen LogP contribution in [0.25, 0.3) is 0 Å². The van der Waals surface area contributed by atoms with Crippen LogP contribution in [0.3, 0.4) is 0 Å².